The number of carbonyl (C=O) groups is 1. The van der Waals surface area contributed by atoms with Crippen LogP contribution in [0.1, 0.15) is 80.1 Å². The number of nitrogens with zero attached hydrogens (tertiary/aromatic N) is 6. The Bertz CT molecular complexity index is 2000. The number of ether oxygens (including phenoxy) is 3. The molecule has 4 heterocycles. The number of halogens is 1. The first kappa shape index (κ1) is 37.2. The fraction of sp³-hybridized carbons (Fsp3) is 0.475. The molecule has 11 nitrogen and oxygen atoms in total. The molecule has 1 unspecified atom stereocenters. The van der Waals surface area contributed by atoms with Crippen molar-refractivity contribution in [1.29, 1.82) is 0 Å². The van der Waals surface area contributed by atoms with Crippen LogP contribution in [0.5, 0.6) is 11.6 Å². The highest BCUT2D eigenvalue weighted by Gasteiger charge is 2.31. The number of carboxylic acid groups (broad SMARTS) is 1. The Morgan fingerprint density at radius 1 is 1.13 bits per heavy atom. The molecule has 1 atom stereocenters. The third-order valence-electron chi connectivity index (χ3n) is 10.6. The van der Waals surface area contributed by atoms with Gasteiger partial charge in [0.15, 0.2) is 0 Å². The van der Waals surface area contributed by atoms with E-state index >= 15 is 0 Å². The molecule has 4 aromatic rings. The van der Waals surface area contributed by atoms with Crippen LogP contribution in [-0.4, -0.2) is 92.7 Å². The standard InChI is InChI=1S/C40H47ClN6O5S/c1-5-26(25(3)51-23-29-13-14-42-38(44-29)28-9-10-28)21-32(40(48)49)52-39-35-33(53-45-39)22-43-37(27-7-6-8-27)34(35)30-11-12-31(36(41)24(30)2)50-20-19-47-17-15-46(4)16-18-47/h5,11-14,22,27-28,32H,1,6-10,15-21,23H2,2-4H3,(H,48,49)/b26-25-. The summed E-state index contributed by atoms with van der Waals surface area (Å²) in [5, 5.41) is 11.7. The minimum Gasteiger partial charge on any atom is -0.492 e. The number of carboxylic acids is 1. The Hall–Kier alpha value is -4.10. The summed E-state index contributed by atoms with van der Waals surface area (Å²) in [6, 6.07) is 5.79. The number of hydrogen-bond acceptors (Lipinski definition) is 11. The van der Waals surface area contributed by atoms with Crippen molar-refractivity contribution in [2.24, 2.45) is 0 Å². The van der Waals surface area contributed by atoms with Crippen molar-refractivity contribution >= 4 is 39.2 Å². The van der Waals surface area contributed by atoms with Crippen LogP contribution in [-0.2, 0) is 16.1 Å². The maximum Gasteiger partial charge on any atom is 0.345 e. The summed E-state index contributed by atoms with van der Waals surface area (Å²) in [7, 11) is 2.15. The molecule has 1 saturated heterocycles. The van der Waals surface area contributed by atoms with Crippen molar-refractivity contribution in [3.8, 4) is 22.8 Å². The fourth-order valence-corrected chi connectivity index (χ4v) is 7.78. The average molecular weight is 759 g/mol. The molecule has 1 N–H and O–H groups in total. The normalized spacial score (nSPS) is 18.0. The number of pyridine rings is 1. The Morgan fingerprint density at radius 2 is 1.92 bits per heavy atom. The van der Waals surface area contributed by atoms with Crippen molar-refractivity contribution in [3.63, 3.8) is 0 Å². The second kappa shape index (κ2) is 16.5. The second-order valence-electron chi connectivity index (χ2n) is 14.3. The van der Waals surface area contributed by atoms with E-state index in [1.807, 2.05) is 31.3 Å². The molecule has 3 aromatic heterocycles. The monoisotopic (exact) mass is 758 g/mol. The van der Waals surface area contributed by atoms with Gasteiger partial charge in [-0.05, 0) is 86.9 Å². The summed E-state index contributed by atoms with van der Waals surface area (Å²) in [6.07, 6.45) is 9.40. The molecule has 2 saturated carbocycles. The second-order valence-corrected chi connectivity index (χ2v) is 15.5. The van der Waals surface area contributed by atoms with E-state index in [1.54, 1.807) is 19.2 Å². The van der Waals surface area contributed by atoms with Crippen molar-refractivity contribution in [2.45, 2.75) is 76.9 Å². The number of hydrogen-bond donors (Lipinski definition) is 1. The Labute approximate surface area is 319 Å². The van der Waals surface area contributed by atoms with Crippen molar-refractivity contribution in [3.05, 3.63) is 82.4 Å². The molecule has 0 spiro atoms. The Balaban J connectivity index is 1.14. The lowest BCUT2D eigenvalue weighted by molar-refractivity contribution is -0.145. The molecular weight excluding hydrogens is 712 g/mol. The molecule has 13 heteroatoms. The first-order valence-electron chi connectivity index (χ1n) is 18.5. The number of rotatable bonds is 16. The topological polar surface area (TPSA) is 123 Å². The van der Waals surface area contributed by atoms with E-state index in [-0.39, 0.29) is 24.8 Å². The molecule has 280 valence electrons. The van der Waals surface area contributed by atoms with E-state index in [0.29, 0.717) is 34.6 Å². The number of fused-ring (bicyclic) bond motifs is 1. The van der Waals surface area contributed by atoms with Gasteiger partial charge in [-0.2, -0.15) is 4.37 Å². The van der Waals surface area contributed by atoms with E-state index < -0.39 is 12.1 Å². The van der Waals surface area contributed by atoms with Crippen LogP contribution in [0.25, 0.3) is 21.2 Å². The highest BCUT2D eigenvalue weighted by atomic mass is 35.5. The van der Waals surface area contributed by atoms with Gasteiger partial charge in [0.25, 0.3) is 0 Å². The van der Waals surface area contributed by atoms with E-state index in [1.165, 1.54) is 11.5 Å². The summed E-state index contributed by atoms with van der Waals surface area (Å²) in [4.78, 5) is 31.5. The molecule has 3 aliphatic rings. The summed E-state index contributed by atoms with van der Waals surface area (Å²) in [6.45, 7) is 13.5. The zero-order chi connectivity index (χ0) is 37.1. The minimum atomic E-state index is -1.25. The van der Waals surface area contributed by atoms with Crippen LogP contribution in [0.15, 0.2) is 54.6 Å². The van der Waals surface area contributed by atoms with Gasteiger partial charge in [-0.25, -0.2) is 14.8 Å². The van der Waals surface area contributed by atoms with Crippen molar-refractivity contribution in [1.82, 2.24) is 29.1 Å². The summed E-state index contributed by atoms with van der Waals surface area (Å²) in [5.74, 6) is 1.90. The van der Waals surface area contributed by atoms with Crippen LogP contribution in [0.4, 0.5) is 0 Å². The Morgan fingerprint density at radius 3 is 2.62 bits per heavy atom. The molecule has 53 heavy (non-hydrogen) atoms. The molecule has 1 aromatic carbocycles. The lowest BCUT2D eigenvalue weighted by Crippen LogP contribution is -2.45. The van der Waals surface area contributed by atoms with Crippen LogP contribution in [0.2, 0.25) is 5.02 Å². The van der Waals surface area contributed by atoms with Crippen LogP contribution in [0.3, 0.4) is 0 Å². The molecule has 0 amide bonds. The van der Waals surface area contributed by atoms with Crippen LogP contribution in [0, 0.1) is 6.92 Å². The van der Waals surface area contributed by atoms with Gasteiger partial charge in [-0.1, -0.05) is 36.7 Å². The molecule has 7 rings (SSSR count). The van der Waals surface area contributed by atoms with E-state index in [9.17, 15) is 9.90 Å². The quantitative estimate of drug-likeness (QED) is 0.0890. The number of aliphatic carboxylic acids is 1. The van der Waals surface area contributed by atoms with Gasteiger partial charge >= 0.3 is 5.97 Å². The maximum atomic E-state index is 12.7. The number of benzene rings is 1. The summed E-state index contributed by atoms with van der Waals surface area (Å²) in [5.41, 5.74) is 5.00. The van der Waals surface area contributed by atoms with Gasteiger partial charge in [0, 0.05) is 68.9 Å². The smallest absolute Gasteiger partial charge is 0.345 e. The van der Waals surface area contributed by atoms with Gasteiger partial charge in [0.2, 0.25) is 12.0 Å². The number of piperazine rings is 1. The van der Waals surface area contributed by atoms with Gasteiger partial charge in [-0.15, -0.1) is 0 Å². The number of allylic oxidation sites excluding steroid dienone is 2. The van der Waals surface area contributed by atoms with E-state index in [2.05, 4.69) is 37.8 Å². The number of likely N-dealkylation sites (N-methyl/N-ethyl adjacent to an activating group) is 1. The SMILES string of the molecule is C=C/C(CC(Oc1nsc2cnc(C3CCC3)c(-c3ccc(OCCN4CCN(C)CC4)c(Cl)c3C)c12)C(=O)O)=C(\C)OCc1ccnc(C2CC2)n1. The zero-order valence-electron chi connectivity index (χ0n) is 30.6. The van der Waals surface area contributed by atoms with Gasteiger partial charge < -0.3 is 24.2 Å². The molecule has 2 aliphatic carbocycles. The van der Waals surface area contributed by atoms with Gasteiger partial charge in [0.1, 0.15) is 24.8 Å². The van der Waals surface area contributed by atoms with E-state index in [0.717, 1.165) is 109 Å². The average Bonchev–Trinajstić information content (AvgIpc) is 3.91. The van der Waals surface area contributed by atoms with Crippen molar-refractivity contribution in [2.75, 3.05) is 46.4 Å². The number of aromatic nitrogens is 4. The predicted molar refractivity (Wildman–Crippen MR) is 207 cm³/mol. The highest BCUT2D eigenvalue weighted by Crippen LogP contribution is 2.48. The van der Waals surface area contributed by atoms with Gasteiger partial charge in [-0.3, -0.25) is 9.88 Å². The molecule has 0 radical (unpaired) electrons. The minimum absolute atomic E-state index is 0.0295. The first-order chi connectivity index (χ1) is 25.7. The van der Waals surface area contributed by atoms with Gasteiger partial charge in [0.05, 0.1) is 32.3 Å². The van der Waals surface area contributed by atoms with Crippen LogP contribution < -0.4 is 9.47 Å². The molecule has 0 bridgehead atoms. The lowest BCUT2D eigenvalue weighted by Gasteiger charge is -2.32. The van der Waals surface area contributed by atoms with E-state index in [4.69, 9.17) is 30.8 Å². The summed E-state index contributed by atoms with van der Waals surface area (Å²) < 4.78 is 24.1. The largest absolute Gasteiger partial charge is 0.492 e. The molecular formula is C40H47ClN6O5S. The highest BCUT2D eigenvalue weighted by molar-refractivity contribution is 7.13. The van der Waals surface area contributed by atoms with Crippen LogP contribution >= 0.6 is 23.1 Å². The summed E-state index contributed by atoms with van der Waals surface area (Å²) >= 11 is 8.27. The third kappa shape index (κ3) is 8.51. The predicted octanol–water partition coefficient (Wildman–Crippen LogP) is 7.78. The third-order valence-corrected chi connectivity index (χ3v) is 11.9. The Kier molecular flexibility index (Phi) is 11.6. The molecule has 1 aliphatic heterocycles. The zero-order valence-corrected chi connectivity index (χ0v) is 32.2. The lowest BCUT2D eigenvalue weighted by atomic mass is 9.79. The maximum absolute atomic E-state index is 12.7. The van der Waals surface area contributed by atoms with Crippen molar-refractivity contribution < 1.29 is 24.1 Å². The fourth-order valence-electron chi connectivity index (χ4n) is 6.86. The first-order valence-corrected chi connectivity index (χ1v) is 19.6. The molecule has 3 fully saturated rings.